The molecule has 140 valence electrons. The summed E-state index contributed by atoms with van der Waals surface area (Å²) in [7, 11) is 0. The Kier molecular flexibility index (Phi) is 6.89. The highest BCUT2D eigenvalue weighted by Crippen LogP contribution is 2.11. The molecule has 2 aromatic rings. The van der Waals surface area contributed by atoms with Gasteiger partial charge in [0.25, 0.3) is 11.8 Å². The molecule has 1 N–H and O–H groups in total. The summed E-state index contributed by atoms with van der Waals surface area (Å²) in [5, 5.41) is 6.57. The first-order valence-electron chi connectivity index (χ1n) is 8.77. The molecule has 2 rings (SSSR count). The first kappa shape index (κ1) is 19.6. The quantitative estimate of drug-likeness (QED) is 0.728. The second-order valence-corrected chi connectivity index (χ2v) is 6.47. The van der Waals surface area contributed by atoms with Gasteiger partial charge in [-0.1, -0.05) is 44.1 Å². The summed E-state index contributed by atoms with van der Waals surface area (Å²) in [6.45, 7) is 7.44. The molecule has 0 bridgehead atoms. The van der Waals surface area contributed by atoms with Gasteiger partial charge in [0.2, 0.25) is 0 Å². The van der Waals surface area contributed by atoms with Crippen LogP contribution in [0.5, 0.6) is 0 Å². The lowest BCUT2D eigenvalue weighted by atomic mass is 10.0. The molecule has 1 aromatic heterocycles. The van der Waals surface area contributed by atoms with E-state index < -0.39 is 12.0 Å². The van der Waals surface area contributed by atoms with Crippen molar-refractivity contribution in [1.29, 1.82) is 0 Å². The van der Waals surface area contributed by atoms with E-state index in [1.165, 1.54) is 0 Å². The van der Waals surface area contributed by atoms with E-state index in [9.17, 15) is 9.59 Å². The Labute approximate surface area is 153 Å². The molecule has 0 aliphatic carbocycles. The SMILES string of the molecule is CCCc1noc(COC(=O)[C@@H](NC(=O)c2ccccc2C)C(C)C)n1. The molecule has 1 aromatic carbocycles. The summed E-state index contributed by atoms with van der Waals surface area (Å²) in [5.74, 6) is -0.130. The van der Waals surface area contributed by atoms with Crippen LogP contribution in [-0.4, -0.2) is 28.1 Å². The second-order valence-electron chi connectivity index (χ2n) is 6.47. The van der Waals surface area contributed by atoms with Crippen molar-refractivity contribution in [2.45, 2.75) is 53.2 Å². The van der Waals surface area contributed by atoms with Gasteiger partial charge in [-0.3, -0.25) is 4.79 Å². The van der Waals surface area contributed by atoms with Crippen LogP contribution in [0.3, 0.4) is 0 Å². The van der Waals surface area contributed by atoms with Crippen LogP contribution in [0.4, 0.5) is 0 Å². The summed E-state index contributed by atoms with van der Waals surface area (Å²) < 4.78 is 10.3. The van der Waals surface area contributed by atoms with Crippen LogP contribution in [0.1, 0.15) is 54.8 Å². The number of nitrogens with zero attached hydrogens (tertiary/aromatic N) is 2. The highest BCUT2D eigenvalue weighted by atomic mass is 16.6. The fraction of sp³-hybridized carbons (Fsp3) is 0.474. The Hall–Kier alpha value is -2.70. The topological polar surface area (TPSA) is 94.3 Å². The van der Waals surface area contributed by atoms with Crippen molar-refractivity contribution in [3.8, 4) is 0 Å². The molecule has 0 spiro atoms. The molecule has 0 saturated carbocycles. The summed E-state index contributed by atoms with van der Waals surface area (Å²) in [6.07, 6.45) is 1.61. The van der Waals surface area contributed by atoms with Crippen molar-refractivity contribution >= 4 is 11.9 Å². The average Bonchev–Trinajstić information content (AvgIpc) is 3.05. The molecular weight excluding hydrogens is 334 g/mol. The predicted octanol–water partition coefficient (Wildman–Crippen LogP) is 2.83. The Bertz CT molecular complexity index is 755. The monoisotopic (exact) mass is 359 g/mol. The van der Waals surface area contributed by atoms with E-state index in [0.29, 0.717) is 17.8 Å². The number of aromatic nitrogens is 2. The number of carbonyl (C=O) groups is 2. The molecule has 7 nitrogen and oxygen atoms in total. The van der Waals surface area contributed by atoms with E-state index in [4.69, 9.17) is 9.26 Å². The van der Waals surface area contributed by atoms with Gasteiger partial charge in [0.05, 0.1) is 0 Å². The average molecular weight is 359 g/mol. The van der Waals surface area contributed by atoms with Gasteiger partial charge in [0, 0.05) is 12.0 Å². The molecular formula is C19H25N3O4. The summed E-state index contributed by atoms with van der Waals surface area (Å²) >= 11 is 0. The Balaban J connectivity index is 1.98. The van der Waals surface area contributed by atoms with Crippen LogP contribution >= 0.6 is 0 Å². The highest BCUT2D eigenvalue weighted by Gasteiger charge is 2.27. The third-order valence-corrected chi connectivity index (χ3v) is 3.92. The third-order valence-electron chi connectivity index (χ3n) is 3.92. The minimum absolute atomic E-state index is 0.112. The van der Waals surface area contributed by atoms with Crippen LogP contribution in [0, 0.1) is 12.8 Å². The summed E-state index contributed by atoms with van der Waals surface area (Å²) in [5.41, 5.74) is 1.38. The van der Waals surface area contributed by atoms with Gasteiger partial charge in [-0.15, -0.1) is 0 Å². The lowest BCUT2D eigenvalue weighted by Gasteiger charge is -2.21. The second kappa shape index (κ2) is 9.12. The van der Waals surface area contributed by atoms with E-state index in [-0.39, 0.29) is 24.3 Å². The fourth-order valence-corrected chi connectivity index (χ4v) is 2.44. The number of carbonyl (C=O) groups excluding carboxylic acids is 2. The van der Waals surface area contributed by atoms with Crippen LogP contribution in [0.15, 0.2) is 28.8 Å². The minimum atomic E-state index is -0.764. The molecule has 7 heteroatoms. The summed E-state index contributed by atoms with van der Waals surface area (Å²) in [4.78, 5) is 29.0. The molecule has 1 amide bonds. The van der Waals surface area contributed by atoms with Crippen LogP contribution in [-0.2, 0) is 22.6 Å². The van der Waals surface area contributed by atoms with Crippen LogP contribution in [0.25, 0.3) is 0 Å². The van der Waals surface area contributed by atoms with E-state index >= 15 is 0 Å². The Morgan fingerprint density at radius 3 is 2.65 bits per heavy atom. The Morgan fingerprint density at radius 2 is 2.00 bits per heavy atom. The number of hydrogen-bond donors (Lipinski definition) is 1. The molecule has 0 saturated heterocycles. The van der Waals surface area contributed by atoms with E-state index in [0.717, 1.165) is 12.0 Å². The van der Waals surface area contributed by atoms with Gasteiger partial charge in [-0.25, -0.2) is 4.79 Å². The fourth-order valence-electron chi connectivity index (χ4n) is 2.44. The molecule has 26 heavy (non-hydrogen) atoms. The number of esters is 1. The maximum atomic E-state index is 12.5. The van der Waals surface area contributed by atoms with E-state index in [1.807, 2.05) is 39.8 Å². The lowest BCUT2D eigenvalue weighted by Crippen LogP contribution is -2.45. The van der Waals surface area contributed by atoms with Crippen molar-refractivity contribution in [2.75, 3.05) is 0 Å². The van der Waals surface area contributed by atoms with Gasteiger partial charge in [-0.05, 0) is 30.9 Å². The third kappa shape index (κ3) is 5.15. The van der Waals surface area contributed by atoms with E-state index in [1.54, 1.807) is 12.1 Å². The number of nitrogens with one attached hydrogen (secondary N) is 1. The van der Waals surface area contributed by atoms with Crippen molar-refractivity contribution < 1.29 is 18.8 Å². The van der Waals surface area contributed by atoms with Gasteiger partial charge < -0.3 is 14.6 Å². The molecule has 0 aliphatic rings. The lowest BCUT2D eigenvalue weighted by molar-refractivity contribution is -0.149. The Morgan fingerprint density at radius 1 is 1.27 bits per heavy atom. The largest absolute Gasteiger partial charge is 0.454 e. The van der Waals surface area contributed by atoms with Gasteiger partial charge in [-0.2, -0.15) is 4.98 Å². The zero-order valence-electron chi connectivity index (χ0n) is 15.6. The number of rotatable bonds is 8. The molecule has 0 radical (unpaired) electrons. The van der Waals surface area contributed by atoms with Crippen molar-refractivity contribution in [2.24, 2.45) is 5.92 Å². The maximum absolute atomic E-state index is 12.5. The predicted molar refractivity (Wildman–Crippen MR) is 95.4 cm³/mol. The number of aryl methyl sites for hydroxylation is 2. The van der Waals surface area contributed by atoms with E-state index in [2.05, 4.69) is 15.5 Å². The van der Waals surface area contributed by atoms with Gasteiger partial charge in [0.1, 0.15) is 6.04 Å². The van der Waals surface area contributed by atoms with Gasteiger partial charge in [0.15, 0.2) is 12.4 Å². The van der Waals surface area contributed by atoms with Gasteiger partial charge >= 0.3 is 5.97 Å². The maximum Gasteiger partial charge on any atom is 0.329 e. The number of ether oxygens (including phenoxy) is 1. The first-order valence-corrected chi connectivity index (χ1v) is 8.77. The molecule has 1 atom stereocenters. The molecule has 0 fully saturated rings. The normalized spacial score (nSPS) is 12.0. The zero-order chi connectivity index (χ0) is 19.1. The standard InChI is InChI=1S/C19H25N3O4/c1-5-8-15-20-16(26-22-15)11-25-19(24)17(12(2)3)21-18(23)14-10-7-6-9-13(14)4/h6-7,9-10,12,17H,5,8,11H2,1-4H3,(H,21,23)/t17-/m0/s1. The molecule has 0 aliphatic heterocycles. The van der Waals surface area contributed by atoms with Crippen LogP contribution in [0.2, 0.25) is 0 Å². The van der Waals surface area contributed by atoms with Crippen molar-refractivity contribution in [3.63, 3.8) is 0 Å². The number of benzene rings is 1. The van der Waals surface area contributed by atoms with Crippen LogP contribution < -0.4 is 5.32 Å². The molecule has 0 unspecified atom stereocenters. The van der Waals surface area contributed by atoms with Crippen molar-refractivity contribution in [3.05, 3.63) is 47.1 Å². The van der Waals surface area contributed by atoms with Crippen molar-refractivity contribution in [1.82, 2.24) is 15.5 Å². The zero-order valence-corrected chi connectivity index (χ0v) is 15.6. The summed E-state index contributed by atoms with van der Waals surface area (Å²) in [6, 6.07) is 6.45. The minimum Gasteiger partial charge on any atom is -0.454 e. The molecule has 1 heterocycles. The highest BCUT2D eigenvalue weighted by molar-refractivity contribution is 5.98. The smallest absolute Gasteiger partial charge is 0.329 e. The first-order chi connectivity index (χ1) is 12.4. The number of amides is 1. The number of hydrogen-bond acceptors (Lipinski definition) is 6.